The smallest absolute Gasteiger partial charge is 0.319 e. The highest BCUT2D eigenvalue weighted by Gasteiger charge is 2.42. The van der Waals surface area contributed by atoms with Crippen molar-refractivity contribution in [1.29, 1.82) is 0 Å². The first-order valence-electron chi connectivity index (χ1n) is 8.27. The van der Waals surface area contributed by atoms with Gasteiger partial charge in [-0.25, -0.2) is 4.39 Å². The number of rotatable bonds is 4. The number of carbonyl (C=O) groups is 2. The first-order chi connectivity index (χ1) is 12.1. The van der Waals surface area contributed by atoms with Crippen molar-refractivity contribution in [2.24, 2.45) is 5.92 Å². The molecule has 0 aliphatic carbocycles. The van der Waals surface area contributed by atoms with Gasteiger partial charge < -0.3 is 9.64 Å². The van der Waals surface area contributed by atoms with Crippen LogP contribution in [0.3, 0.4) is 0 Å². The molecule has 2 atom stereocenters. The van der Waals surface area contributed by atoms with E-state index in [9.17, 15) is 14.0 Å². The molecule has 0 unspecified atom stereocenters. The summed E-state index contributed by atoms with van der Waals surface area (Å²) in [5, 5.41) is 0. The summed E-state index contributed by atoms with van der Waals surface area (Å²) < 4.78 is 18.6. The van der Waals surface area contributed by atoms with E-state index in [0.29, 0.717) is 13.0 Å². The maximum absolute atomic E-state index is 13.2. The van der Waals surface area contributed by atoms with Crippen LogP contribution in [0.25, 0.3) is 0 Å². The van der Waals surface area contributed by atoms with Crippen molar-refractivity contribution < 1.29 is 18.7 Å². The van der Waals surface area contributed by atoms with Crippen molar-refractivity contribution >= 4 is 11.9 Å². The number of likely N-dealkylation sites (tertiary alicyclic amines) is 1. The van der Waals surface area contributed by atoms with Crippen LogP contribution in [0.1, 0.15) is 23.5 Å². The van der Waals surface area contributed by atoms with Crippen LogP contribution in [0.2, 0.25) is 0 Å². The van der Waals surface area contributed by atoms with Gasteiger partial charge >= 0.3 is 5.97 Å². The van der Waals surface area contributed by atoms with E-state index in [4.69, 9.17) is 4.74 Å². The van der Waals surface area contributed by atoms with Crippen molar-refractivity contribution in [1.82, 2.24) is 4.90 Å². The molecule has 1 heterocycles. The third kappa shape index (κ3) is 3.87. The summed E-state index contributed by atoms with van der Waals surface area (Å²) in [4.78, 5) is 26.8. The van der Waals surface area contributed by atoms with Crippen LogP contribution >= 0.6 is 0 Å². The number of piperidine rings is 1. The second-order valence-corrected chi connectivity index (χ2v) is 6.28. The van der Waals surface area contributed by atoms with Gasteiger partial charge in [0.05, 0.1) is 0 Å². The molecule has 4 nitrogen and oxygen atoms in total. The molecule has 0 radical (unpaired) electrons. The van der Waals surface area contributed by atoms with Gasteiger partial charge in [0.25, 0.3) is 0 Å². The average Bonchev–Trinajstić information content (AvgIpc) is 2.63. The summed E-state index contributed by atoms with van der Waals surface area (Å²) in [5.74, 6) is -2.32. The largest absolute Gasteiger partial charge is 0.460 e. The maximum atomic E-state index is 13.2. The molecule has 1 saturated heterocycles. The second kappa shape index (κ2) is 7.47. The SMILES string of the molecule is CN1CC[C@H](c2ccc(F)cc2)[C@@H](C(=O)OCc2ccccc2)C1=O. The van der Waals surface area contributed by atoms with Crippen LogP contribution in [0.15, 0.2) is 54.6 Å². The van der Waals surface area contributed by atoms with Gasteiger partial charge in [-0.15, -0.1) is 0 Å². The minimum absolute atomic E-state index is 0.128. The minimum Gasteiger partial charge on any atom is -0.460 e. The number of hydrogen-bond donors (Lipinski definition) is 0. The molecule has 1 aliphatic heterocycles. The molecule has 1 aliphatic rings. The van der Waals surface area contributed by atoms with Gasteiger partial charge in [0.15, 0.2) is 0 Å². The Bertz CT molecular complexity index is 745. The van der Waals surface area contributed by atoms with Crippen molar-refractivity contribution in [2.45, 2.75) is 18.9 Å². The molecule has 2 aromatic carbocycles. The molecule has 0 bridgehead atoms. The van der Waals surface area contributed by atoms with Crippen LogP contribution in [-0.4, -0.2) is 30.4 Å². The second-order valence-electron chi connectivity index (χ2n) is 6.28. The molecule has 5 heteroatoms. The van der Waals surface area contributed by atoms with E-state index in [2.05, 4.69) is 0 Å². The van der Waals surface area contributed by atoms with Crippen LogP contribution < -0.4 is 0 Å². The molecule has 1 amide bonds. The quantitative estimate of drug-likeness (QED) is 0.634. The Hall–Kier alpha value is -2.69. The predicted octanol–water partition coefficient (Wildman–Crippen LogP) is 3.13. The maximum Gasteiger partial charge on any atom is 0.319 e. The van der Waals surface area contributed by atoms with E-state index < -0.39 is 11.9 Å². The molecule has 1 fully saturated rings. The first kappa shape index (κ1) is 17.1. The number of halogens is 1. The molecule has 25 heavy (non-hydrogen) atoms. The van der Waals surface area contributed by atoms with Gasteiger partial charge in [0.1, 0.15) is 18.3 Å². The fourth-order valence-corrected chi connectivity index (χ4v) is 3.17. The van der Waals surface area contributed by atoms with Crippen molar-refractivity contribution in [3.63, 3.8) is 0 Å². The van der Waals surface area contributed by atoms with Gasteiger partial charge in [0, 0.05) is 19.5 Å². The summed E-state index contributed by atoms with van der Waals surface area (Å²) in [6.07, 6.45) is 0.638. The number of carbonyl (C=O) groups excluding carboxylic acids is 2. The molecular formula is C20H20FNO3. The highest BCUT2D eigenvalue weighted by molar-refractivity contribution is 5.99. The Morgan fingerprint density at radius 1 is 1.16 bits per heavy atom. The number of esters is 1. The molecule has 3 rings (SSSR count). The lowest BCUT2D eigenvalue weighted by Crippen LogP contribution is -2.46. The third-order valence-electron chi connectivity index (χ3n) is 4.60. The predicted molar refractivity (Wildman–Crippen MR) is 91.1 cm³/mol. The van der Waals surface area contributed by atoms with Crippen LogP contribution in [0.4, 0.5) is 4.39 Å². The average molecular weight is 341 g/mol. The van der Waals surface area contributed by atoms with E-state index in [0.717, 1.165) is 11.1 Å². The van der Waals surface area contributed by atoms with E-state index in [1.807, 2.05) is 30.3 Å². The van der Waals surface area contributed by atoms with Crippen LogP contribution in [0, 0.1) is 11.7 Å². The number of nitrogens with zero attached hydrogens (tertiary/aromatic N) is 1. The lowest BCUT2D eigenvalue weighted by atomic mass is 9.80. The van der Waals surface area contributed by atoms with Gasteiger partial charge in [-0.2, -0.15) is 0 Å². The Morgan fingerprint density at radius 2 is 1.84 bits per heavy atom. The molecule has 0 N–H and O–H groups in total. The van der Waals surface area contributed by atoms with Gasteiger partial charge in [-0.05, 0) is 29.7 Å². The zero-order valence-corrected chi connectivity index (χ0v) is 14.0. The lowest BCUT2D eigenvalue weighted by Gasteiger charge is -2.34. The Kier molecular flexibility index (Phi) is 5.12. The number of hydrogen-bond acceptors (Lipinski definition) is 3. The molecule has 0 saturated carbocycles. The summed E-state index contributed by atoms with van der Waals surface area (Å²) in [6, 6.07) is 15.3. The Morgan fingerprint density at radius 3 is 2.52 bits per heavy atom. The van der Waals surface area contributed by atoms with Gasteiger partial charge in [0.2, 0.25) is 5.91 Å². The number of ether oxygens (including phenoxy) is 1. The van der Waals surface area contributed by atoms with E-state index in [1.165, 1.54) is 12.1 Å². The Labute approximate surface area is 146 Å². The molecular weight excluding hydrogens is 321 g/mol. The highest BCUT2D eigenvalue weighted by Crippen LogP contribution is 2.34. The topological polar surface area (TPSA) is 46.6 Å². The van der Waals surface area contributed by atoms with E-state index in [1.54, 1.807) is 24.1 Å². The van der Waals surface area contributed by atoms with Crippen molar-refractivity contribution in [3.05, 3.63) is 71.5 Å². The summed E-state index contributed by atoms with van der Waals surface area (Å²) in [6.45, 7) is 0.687. The van der Waals surface area contributed by atoms with Gasteiger partial charge in [-0.3, -0.25) is 9.59 Å². The summed E-state index contributed by atoms with van der Waals surface area (Å²) in [5.41, 5.74) is 1.65. The Balaban J connectivity index is 1.78. The number of amides is 1. The summed E-state index contributed by atoms with van der Waals surface area (Å²) >= 11 is 0. The fraction of sp³-hybridized carbons (Fsp3) is 0.300. The molecule has 0 aromatic heterocycles. The normalized spacial score (nSPS) is 20.4. The van der Waals surface area contributed by atoms with Crippen molar-refractivity contribution in [3.8, 4) is 0 Å². The molecule has 0 spiro atoms. The van der Waals surface area contributed by atoms with Crippen LogP contribution in [-0.2, 0) is 20.9 Å². The van der Waals surface area contributed by atoms with E-state index >= 15 is 0 Å². The fourth-order valence-electron chi connectivity index (χ4n) is 3.17. The zero-order chi connectivity index (χ0) is 17.8. The van der Waals surface area contributed by atoms with Crippen molar-refractivity contribution in [2.75, 3.05) is 13.6 Å². The molecule has 2 aromatic rings. The monoisotopic (exact) mass is 341 g/mol. The standard InChI is InChI=1S/C20H20FNO3/c1-22-12-11-17(15-7-9-16(21)10-8-15)18(19(22)23)20(24)25-13-14-5-3-2-4-6-14/h2-10,17-18H,11-13H2,1H3/t17-,18-/m1/s1. The minimum atomic E-state index is -0.895. The highest BCUT2D eigenvalue weighted by atomic mass is 19.1. The molecule has 130 valence electrons. The third-order valence-corrected chi connectivity index (χ3v) is 4.60. The lowest BCUT2D eigenvalue weighted by molar-refractivity contribution is -0.159. The number of benzene rings is 2. The van der Waals surface area contributed by atoms with E-state index in [-0.39, 0.29) is 24.2 Å². The first-order valence-corrected chi connectivity index (χ1v) is 8.27. The summed E-state index contributed by atoms with van der Waals surface area (Å²) in [7, 11) is 1.68. The zero-order valence-electron chi connectivity index (χ0n) is 14.0. The van der Waals surface area contributed by atoms with Crippen LogP contribution in [0.5, 0.6) is 0 Å². The van der Waals surface area contributed by atoms with Gasteiger partial charge in [-0.1, -0.05) is 42.5 Å².